The number of carbonyl (C=O) groups is 1. The second-order valence-corrected chi connectivity index (χ2v) is 7.11. The van der Waals surface area contributed by atoms with Crippen LogP contribution in [0.15, 0.2) is 48.7 Å². The third kappa shape index (κ3) is 4.45. The van der Waals surface area contributed by atoms with Crippen LogP contribution in [0.4, 0.5) is 22.1 Å². The van der Waals surface area contributed by atoms with E-state index in [2.05, 4.69) is 33.1 Å². The summed E-state index contributed by atoms with van der Waals surface area (Å²) < 4.78 is 6.77. The quantitative estimate of drug-likeness (QED) is 0.608. The number of pyridine rings is 1. The first-order valence-electron chi connectivity index (χ1n) is 9.74. The number of para-hydroxylation sites is 1. The molecule has 0 saturated carbocycles. The molecule has 1 N–H and O–H groups in total. The van der Waals surface area contributed by atoms with Gasteiger partial charge in [-0.3, -0.25) is 14.6 Å². The lowest BCUT2D eigenvalue weighted by Crippen LogP contribution is -2.47. The van der Waals surface area contributed by atoms with E-state index in [4.69, 9.17) is 9.72 Å². The van der Waals surface area contributed by atoms with Gasteiger partial charge in [0.2, 0.25) is 0 Å². The fraction of sp³-hybridized carbons (Fsp3) is 0.300. The standard InChI is InChI=1S/C20H23N7O2S/c1-2-26(30)20(28)23-17-9-8-16-19(22-17)24-18(14-21-16)27(15-6-4-3-5-7-15)25-10-12-29-13-11-25/h3-9,14,30H,2,10-13H2,1H3,(H,22,23,24,28). The number of hydrogen-bond acceptors (Lipinski definition) is 8. The molecule has 2 amide bonds. The van der Waals surface area contributed by atoms with Gasteiger partial charge in [0, 0.05) is 19.6 Å². The topological polar surface area (TPSA) is 86.7 Å². The highest BCUT2D eigenvalue weighted by Gasteiger charge is 2.22. The number of nitrogens with zero attached hydrogens (tertiary/aromatic N) is 6. The molecule has 10 heteroatoms. The minimum Gasteiger partial charge on any atom is -0.379 e. The maximum absolute atomic E-state index is 12.1. The van der Waals surface area contributed by atoms with Crippen LogP contribution in [0, 0.1) is 0 Å². The Bertz CT molecular complexity index is 1010. The van der Waals surface area contributed by atoms with E-state index in [-0.39, 0.29) is 6.03 Å². The summed E-state index contributed by atoms with van der Waals surface area (Å²) in [7, 11) is 0. The molecule has 1 fully saturated rings. The van der Waals surface area contributed by atoms with Gasteiger partial charge in [0.25, 0.3) is 0 Å². The predicted molar refractivity (Wildman–Crippen MR) is 119 cm³/mol. The molecule has 0 unspecified atom stereocenters. The van der Waals surface area contributed by atoms with E-state index < -0.39 is 0 Å². The maximum atomic E-state index is 12.1. The Hall–Kier alpha value is -2.95. The number of ether oxygens (including phenoxy) is 1. The molecule has 0 aliphatic carbocycles. The zero-order valence-electron chi connectivity index (χ0n) is 16.6. The molecule has 1 aliphatic heterocycles. The number of nitrogens with one attached hydrogen (secondary N) is 1. The molecule has 3 heterocycles. The number of benzene rings is 1. The van der Waals surface area contributed by atoms with E-state index in [9.17, 15) is 4.79 Å². The number of morpholine rings is 1. The highest BCUT2D eigenvalue weighted by Crippen LogP contribution is 2.27. The summed E-state index contributed by atoms with van der Waals surface area (Å²) in [5.41, 5.74) is 2.07. The van der Waals surface area contributed by atoms with Crippen LogP contribution in [0.25, 0.3) is 11.2 Å². The van der Waals surface area contributed by atoms with Gasteiger partial charge in [-0.25, -0.2) is 24.8 Å². The third-order valence-corrected chi connectivity index (χ3v) is 5.12. The van der Waals surface area contributed by atoms with Gasteiger partial charge in [0.15, 0.2) is 11.5 Å². The van der Waals surface area contributed by atoms with Gasteiger partial charge in [0.1, 0.15) is 11.3 Å². The molecule has 0 spiro atoms. The summed E-state index contributed by atoms with van der Waals surface area (Å²) >= 11 is 4.11. The van der Waals surface area contributed by atoms with Crippen LogP contribution in [-0.4, -0.2) is 63.1 Å². The highest BCUT2D eigenvalue weighted by atomic mass is 32.1. The van der Waals surface area contributed by atoms with Crippen molar-refractivity contribution in [2.24, 2.45) is 0 Å². The van der Waals surface area contributed by atoms with E-state index in [1.165, 1.54) is 4.31 Å². The van der Waals surface area contributed by atoms with Crippen molar-refractivity contribution in [2.45, 2.75) is 6.92 Å². The van der Waals surface area contributed by atoms with E-state index in [1.54, 1.807) is 18.3 Å². The van der Waals surface area contributed by atoms with Crippen molar-refractivity contribution >= 4 is 47.3 Å². The molecule has 1 aromatic carbocycles. The lowest BCUT2D eigenvalue weighted by Gasteiger charge is -2.37. The summed E-state index contributed by atoms with van der Waals surface area (Å²) in [6.45, 7) is 5.09. The molecule has 1 aliphatic rings. The second kappa shape index (κ2) is 9.24. The fourth-order valence-corrected chi connectivity index (χ4v) is 3.19. The van der Waals surface area contributed by atoms with Crippen molar-refractivity contribution in [2.75, 3.05) is 43.2 Å². The summed E-state index contributed by atoms with van der Waals surface area (Å²) in [5, 5.41) is 6.94. The first-order chi connectivity index (χ1) is 14.7. The van der Waals surface area contributed by atoms with Crippen LogP contribution in [0.5, 0.6) is 0 Å². The molecule has 30 heavy (non-hydrogen) atoms. The van der Waals surface area contributed by atoms with Crippen molar-refractivity contribution in [3.8, 4) is 0 Å². The fourth-order valence-electron chi connectivity index (χ4n) is 3.14. The molecular weight excluding hydrogens is 402 g/mol. The number of thiol groups is 1. The van der Waals surface area contributed by atoms with Gasteiger partial charge in [0.05, 0.1) is 25.1 Å². The number of urea groups is 1. The van der Waals surface area contributed by atoms with Gasteiger partial charge in [-0.2, -0.15) is 0 Å². The highest BCUT2D eigenvalue weighted by molar-refractivity contribution is 7.78. The Morgan fingerprint density at radius 1 is 1.17 bits per heavy atom. The Kier molecular flexibility index (Phi) is 6.26. The molecule has 0 atom stereocenters. The number of aromatic nitrogens is 3. The van der Waals surface area contributed by atoms with E-state index in [0.717, 1.165) is 18.8 Å². The number of hydrogen-bond donors (Lipinski definition) is 2. The second-order valence-electron chi connectivity index (χ2n) is 6.63. The normalized spacial score (nSPS) is 14.5. The minimum absolute atomic E-state index is 0.351. The SMILES string of the molecule is CCN(S)C(=O)Nc1ccc2ncc(N(c3ccccc3)N3CCOCC3)nc2n1. The molecule has 1 saturated heterocycles. The average Bonchev–Trinajstić information content (AvgIpc) is 2.80. The van der Waals surface area contributed by atoms with Crippen molar-refractivity contribution in [1.29, 1.82) is 0 Å². The average molecular weight is 426 g/mol. The molecule has 0 bridgehead atoms. The molecule has 9 nitrogen and oxygen atoms in total. The van der Waals surface area contributed by atoms with Crippen LogP contribution < -0.4 is 10.3 Å². The van der Waals surface area contributed by atoms with Crippen LogP contribution in [-0.2, 0) is 4.74 Å². The zero-order valence-corrected chi connectivity index (χ0v) is 17.5. The van der Waals surface area contributed by atoms with Crippen molar-refractivity contribution < 1.29 is 9.53 Å². The number of anilines is 3. The van der Waals surface area contributed by atoms with Gasteiger partial charge in [-0.1, -0.05) is 31.0 Å². The van der Waals surface area contributed by atoms with E-state index in [0.29, 0.717) is 42.6 Å². The Balaban J connectivity index is 1.69. The lowest BCUT2D eigenvalue weighted by molar-refractivity contribution is 0.0375. The summed E-state index contributed by atoms with van der Waals surface area (Å²) in [4.78, 5) is 25.8. The van der Waals surface area contributed by atoms with E-state index >= 15 is 0 Å². The predicted octanol–water partition coefficient (Wildman–Crippen LogP) is 3.11. The Labute approximate surface area is 180 Å². The number of fused-ring (bicyclic) bond motifs is 1. The van der Waals surface area contributed by atoms with Crippen LogP contribution in [0.2, 0.25) is 0 Å². The number of amides is 2. The first-order valence-corrected chi connectivity index (χ1v) is 10.1. The third-order valence-electron chi connectivity index (χ3n) is 4.65. The van der Waals surface area contributed by atoms with Crippen molar-refractivity contribution in [3.05, 3.63) is 48.7 Å². The zero-order chi connectivity index (χ0) is 20.9. The molecule has 2 aromatic heterocycles. The van der Waals surface area contributed by atoms with Crippen LogP contribution in [0.3, 0.4) is 0 Å². The smallest absolute Gasteiger partial charge is 0.332 e. The molecule has 3 aromatic rings. The molecule has 156 valence electrons. The number of hydrazine groups is 1. The summed E-state index contributed by atoms with van der Waals surface area (Å²) in [6.07, 6.45) is 1.73. The Morgan fingerprint density at radius 3 is 2.67 bits per heavy atom. The van der Waals surface area contributed by atoms with Crippen molar-refractivity contribution in [1.82, 2.24) is 24.3 Å². The van der Waals surface area contributed by atoms with Gasteiger partial charge in [-0.05, 0) is 31.2 Å². The minimum atomic E-state index is -0.351. The van der Waals surface area contributed by atoms with Gasteiger partial charge in [-0.15, -0.1) is 0 Å². The van der Waals surface area contributed by atoms with Crippen LogP contribution in [0.1, 0.15) is 6.92 Å². The largest absolute Gasteiger partial charge is 0.379 e. The number of carbonyl (C=O) groups excluding carboxylic acids is 1. The summed E-state index contributed by atoms with van der Waals surface area (Å²) in [6, 6.07) is 13.1. The van der Waals surface area contributed by atoms with Crippen LogP contribution >= 0.6 is 12.8 Å². The monoisotopic (exact) mass is 425 g/mol. The van der Waals surface area contributed by atoms with Crippen molar-refractivity contribution in [3.63, 3.8) is 0 Å². The molecular formula is C20H23N7O2S. The molecule has 4 rings (SSSR count). The van der Waals surface area contributed by atoms with Gasteiger partial charge < -0.3 is 4.74 Å². The first kappa shape index (κ1) is 20.3. The Morgan fingerprint density at radius 2 is 1.93 bits per heavy atom. The van der Waals surface area contributed by atoms with E-state index in [1.807, 2.05) is 42.3 Å². The summed E-state index contributed by atoms with van der Waals surface area (Å²) in [5.74, 6) is 1.04. The number of rotatable bonds is 5. The molecule has 0 radical (unpaired) electrons. The van der Waals surface area contributed by atoms with Gasteiger partial charge >= 0.3 is 6.03 Å². The lowest BCUT2D eigenvalue weighted by atomic mass is 10.3. The maximum Gasteiger partial charge on any atom is 0.332 e.